The van der Waals surface area contributed by atoms with Crippen LogP contribution in [-0.4, -0.2) is 56.0 Å². The van der Waals surface area contributed by atoms with Crippen molar-refractivity contribution in [3.63, 3.8) is 0 Å². The fourth-order valence-corrected chi connectivity index (χ4v) is 4.18. The van der Waals surface area contributed by atoms with Gasteiger partial charge in [-0.25, -0.2) is 9.59 Å². The number of carbonyl (C=O) groups excluding carboxylic acids is 2. The molecule has 0 bridgehead atoms. The third kappa shape index (κ3) is 6.28. The number of methoxy groups -OCH3 is 2. The van der Waals surface area contributed by atoms with Gasteiger partial charge in [0.25, 0.3) is 0 Å². The van der Waals surface area contributed by atoms with Crippen LogP contribution in [0.1, 0.15) is 25.5 Å². The van der Waals surface area contributed by atoms with E-state index in [-0.39, 0.29) is 6.61 Å². The van der Waals surface area contributed by atoms with Crippen molar-refractivity contribution in [2.24, 2.45) is 0 Å². The summed E-state index contributed by atoms with van der Waals surface area (Å²) in [7, 11) is 3.08. The first-order valence-electron chi connectivity index (χ1n) is 11.1. The lowest BCUT2D eigenvalue weighted by Gasteiger charge is -2.37. The lowest BCUT2D eigenvalue weighted by Crippen LogP contribution is -2.47. The largest absolute Gasteiger partial charge is 0.495 e. The van der Waals surface area contributed by atoms with E-state index in [4.69, 9.17) is 26.4 Å². The van der Waals surface area contributed by atoms with Crippen molar-refractivity contribution in [3.05, 3.63) is 65.4 Å². The molecule has 0 saturated heterocycles. The number of carbonyl (C=O) groups is 2. The van der Waals surface area contributed by atoms with Gasteiger partial charge < -0.3 is 35.1 Å². The van der Waals surface area contributed by atoms with Gasteiger partial charge in [0.15, 0.2) is 5.11 Å². The minimum absolute atomic E-state index is 0.139. The Morgan fingerprint density at radius 1 is 1.09 bits per heavy atom. The molecule has 0 radical (unpaired) electrons. The van der Waals surface area contributed by atoms with Gasteiger partial charge in [0.2, 0.25) is 0 Å². The lowest BCUT2D eigenvalue weighted by atomic mass is 9.94. The van der Waals surface area contributed by atoms with Crippen LogP contribution in [0, 0.1) is 0 Å². The molecule has 186 valence electrons. The van der Waals surface area contributed by atoms with Gasteiger partial charge in [0, 0.05) is 25.0 Å². The molecule has 2 aromatic rings. The quantitative estimate of drug-likeness (QED) is 0.270. The Morgan fingerprint density at radius 3 is 2.57 bits per heavy atom. The van der Waals surface area contributed by atoms with Gasteiger partial charge in [-0.05, 0) is 55.9 Å². The van der Waals surface area contributed by atoms with E-state index in [1.54, 1.807) is 43.5 Å². The molecule has 0 fully saturated rings. The number of thiocarbonyl (C=S) groups is 1. The van der Waals surface area contributed by atoms with Crippen LogP contribution in [0.5, 0.6) is 5.75 Å². The fourth-order valence-electron chi connectivity index (χ4n) is 3.80. The van der Waals surface area contributed by atoms with E-state index in [9.17, 15) is 9.59 Å². The molecule has 0 unspecified atom stereocenters. The third-order valence-corrected chi connectivity index (χ3v) is 5.82. The van der Waals surface area contributed by atoms with E-state index in [0.29, 0.717) is 41.0 Å². The van der Waals surface area contributed by atoms with Crippen molar-refractivity contribution in [3.8, 4) is 5.75 Å². The Kier molecular flexibility index (Phi) is 9.04. The van der Waals surface area contributed by atoms with E-state index >= 15 is 0 Å². The molecule has 1 aliphatic heterocycles. The molecular formula is C25H30N4O5S. The number of para-hydroxylation sites is 2. The van der Waals surface area contributed by atoms with Crippen LogP contribution in [0.3, 0.4) is 0 Å². The summed E-state index contributed by atoms with van der Waals surface area (Å²) in [4.78, 5) is 27.5. The number of nitrogens with one attached hydrogen (secondary N) is 3. The highest BCUT2D eigenvalue weighted by molar-refractivity contribution is 7.80. The number of esters is 1. The smallest absolute Gasteiger partial charge is 0.338 e. The van der Waals surface area contributed by atoms with Crippen LogP contribution >= 0.6 is 12.2 Å². The molecule has 2 amide bonds. The molecule has 0 aromatic heterocycles. The van der Waals surface area contributed by atoms with Crippen molar-refractivity contribution in [2.45, 2.75) is 19.9 Å². The fraction of sp³-hybridized carbons (Fsp3) is 0.320. The number of nitrogens with zero attached hydrogens (tertiary/aromatic N) is 1. The average molecular weight is 499 g/mol. The number of anilines is 2. The Morgan fingerprint density at radius 2 is 1.86 bits per heavy atom. The van der Waals surface area contributed by atoms with Crippen LogP contribution in [0.15, 0.2) is 59.8 Å². The zero-order valence-corrected chi connectivity index (χ0v) is 21.0. The molecule has 0 spiro atoms. The van der Waals surface area contributed by atoms with Gasteiger partial charge in [-0.15, -0.1) is 0 Å². The molecular weight excluding hydrogens is 468 g/mol. The summed E-state index contributed by atoms with van der Waals surface area (Å²) in [5, 5.41) is 9.36. The maximum atomic E-state index is 13.0. The van der Waals surface area contributed by atoms with Gasteiger partial charge in [-0.2, -0.15) is 0 Å². The molecule has 0 saturated carbocycles. The van der Waals surface area contributed by atoms with Crippen molar-refractivity contribution < 1.29 is 23.8 Å². The molecule has 9 nitrogen and oxygen atoms in total. The van der Waals surface area contributed by atoms with E-state index in [1.165, 1.54) is 7.11 Å². The van der Waals surface area contributed by atoms with E-state index < -0.39 is 18.0 Å². The van der Waals surface area contributed by atoms with Crippen LogP contribution in [-0.2, 0) is 14.3 Å². The molecule has 2 aromatic carbocycles. The summed E-state index contributed by atoms with van der Waals surface area (Å²) in [5.74, 6) is 0.0966. The van der Waals surface area contributed by atoms with Crippen LogP contribution in [0.25, 0.3) is 0 Å². The van der Waals surface area contributed by atoms with Gasteiger partial charge in [0.1, 0.15) is 12.4 Å². The number of ether oxygens (including phenoxy) is 3. The normalized spacial score (nSPS) is 15.4. The molecule has 1 aliphatic rings. The predicted octanol–water partition coefficient (Wildman–Crippen LogP) is 4.05. The van der Waals surface area contributed by atoms with Crippen molar-refractivity contribution >= 4 is 40.7 Å². The lowest BCUT2D eigenvalue weighted by molar-refractivity contribution is -0.140. The standard InChI is InChI=1S/C25H30N4O5S/c1-5-29-16(2)21(23(30)34-14-13-32-3)22(28-25(29)35)17-9-8-10-18(15-17)26-24(31)27-19-11-6-7-12-20(19)33-4/h6-12,15,22H,5,13-14H2,1-4H3,(H,28,35)(H2,26,27,31)/t22-/m1/s1. The maximum Gasteiger partial charge on any atom is 0.338 e. The van der Waals surface area contributed by atoms with Crippen LogP contribution in [0.2, 0.25) is 0 Å². The Labute approximate surface area is 210 Å². The van der Waals surface area contributed by atoms with Crippen LogP contribution < -0.4 is 20.7 Å². The Hall–Kier alpha value is -3.63. The van der Waals surface area contributed by atoms with E-state index in [1.807, 2.05) is 30.9 Å². The number of amides is 2. The predicted molar refractivity (Wildman–Crippen MR) is 138 cm³/mol. The molecule has 10 heteroatoms. The number of benzene rings is 2. The summed E-state index contributed by atoms with van der Waals surface area (Å²) in [6.07, 6.45) is 0. The molecule has 3 N–H and O–H groups in total. The highest BCUT2D eigenvalue weighted by Gasteiger charge is 2.34. The van der Waals surface area contributed by atoms with Crippen LogP contribution in [0.4, 0.5) is 16.2 Å². The molecule has 35 heavy (non-hydrogen) atoms. The average Bonchev–Trinajstić information content (AvgIpc) is 2.84. The molecule has 1 heterocycles. The number of rotatable bonds is 9. The van der Waals surface area contributed by atoms with Gasteiger partial charge >= 0.3 is 12.0 Å². The topological polar surface area (TPSA) is 101 Å². The Balaban J connectivity index is 1.85. The van der Waals surface area contributed by atoms with Crippen molar-refractivity contribution in [1.29, 1.82) is 0 Å². The second kappa shape index (κ2) is 12.2. The van der Waals surface area contributed by atoms with Gasteiger partial charge in [-0.3, -0.25) is 0 Å². The number of urea groups is 1. The third-order valence-electron chi connectivity index (χ3n) is 5.49. The zero-order chi connectivity index (χ0) is 25.4. The summed E-state index contributed by atoms with van der Waals surface area (Å²) >= 11 is 5.54. The summed E-state index contributed by atoms with van der Waals surface area (Å²) < 4.78 is 15.7. The second-order valence-electron chi connectivity index (χ2n) is 7.66. The number of hydrogen-bond donors (Lipinski definition) is 3. The monoisotopic (exact) mass is 498 g/mol. The molecule has 1 atom stereocenters. The first-order chi connectivity index (χ1) is 16.9. The van der Waals surface area contributed by atoms with Gasteiger partial charge in [0.05, 0.1) is 31.0 Å². The number of allylic oxidation sites excluding steroid dienone is 1. The zero-order valence-electron chi connectivity index (χ0n) is 20.2. The highest BCUT2D eigenvalue weighted by atomic mass is 32.1. The first-order valence-corrected chi connectivity index (χ1v) is 11.6. The SMILES string of the molecule is CCN1C(=S)N[C@H](c2cccc(NC(=O)Nc3ccccc3OC)c2)C(C(=O)OCCOC)=C1C. The van der Waals surface area contributed by atoms with E-state index in [2.05, 4.69) is 16.0 Å². The minimum atomic E-state index is -0.542. The Bertz CT molecular complexity index is 1120. The second-order valence-corrected chi connectivity index (χ2v) is 8.05. The highest BCUT2D eigenvalue weighted by Crippen LogP contribution is 2.32. The maximum absolute atomic E-state index is 13.0. The first kappa shape index (κ1) is 26.0. The molecule has 3 rings (SSSR count). The van der Waals surface area contributed by atoms with Crippen molar-refractivity contribution in [2.75, 3.05) is 44.6 Å². The summed E-state index contributed by atoms with van der Waals surface area (Å²) in [6, 6.07) is 13.4. The summed E-state index contributed by atoms with van der Waals surface area (Å²) in [6.45, 7) is 4.84. The van der Waals surface area contributed by atoms with Gasteiger partial charge in [-0.1, -0.05) is 24.3 Å². The molecule has 0 aliphatic carbocycles. The number of hydrogen-bond acceptors (Lipinski definition) is 6. The van der Waals surface area contributed by atoms with Crippen molar-refractivity contribution in [1.82, 2.24) is 10.2 Å². The minimum Gasteiger partial charge on any atom is -0.495 e. The van der Waals surface area contributed by atoms with E-state index in [0.717, 1.165) is 11.3 Å². The summed E-state index contributed by atoms with van der Waals surface area (Å²) in [5.41, 5.74) is 3.01.